The van der Waals surface area contributed by atoms with Crippen LogP contribution in [-0.2, 0) is 15.1 Å². The first-order chi connectivity index (χ1) is 8.39. The molecular formula is C13H19NO3S. The van der Waals surface area contributed by atoms with E-state index < -0.39 is 5.60 Å². The van der Waals surface area contributed by atoms with Gasteiger partial charge in [-0.1, -0.05) is 13.8 Å². The molecule has 1 aliphatic carbocycles. The summed E-state index contributed by atoms with van der Waals surface area (Å²) in [6.07, 6.45) is 3.43. The van der Waals surface area contributed by atoms with Gasteiger partial charge < -0.3 is 9.84 Å². The molecule has 0 radical (unpaired) electrons. The van der Waals surface area contributed by atoms with Crippen molar-refractivity contribution in [3.05, 3.63) is 16.6 Å². The van der Waals surface area contributed by atoms with Crippen LogP contribution in [0.2, 0.25) is 0 Å². The number of aliphatic hydroxyl groups is 1. The van der Waals surface area contributed by atoms with Crippen LogP contribution in [0.3, 0.4) is 0 Å². The zero-order valence-corrected chi connectivity index (χ0v) is 11.8. The second-order valence-corrected chi connectivity index (χ2v) is 6.54. The zero-order chi connectivity index (χ0) is 13.4. The van der Waals surface area contributed by atoms with Gasteiger partial charge in [0.25, 0.3) is 0 Å². The molecule has 1 N–H and O–H groups in total. The van der Waals surface area contributed by atoms with Crippen LogP contribution in [0, 0.1) is 11.3 Å². The number of rotatable bonds is 2. The monoisotopic (exact) mass is 269 g/mol. The van der Waals surface area contributed by atoms with E-state index in [1.54, 1.807) is 6.20 Å². The summed E-state index contributed by atoms with van der Waals surface area (Å²) in [5, 5.41) is 13.4. The normalized spacial score (nSPS) is 31.0. The van der Waals surface area contributed by atoms with Gasteiger partial charge in [0.05, 0.1) is 13.0 Å². The van der Waals surface area contributed by atoms with Gasteiger partial charge in [-0.3, -0.25) is 4.79 Å². The fourth-order valence-electron chi connectivity index (χ4n) is 2.95. The SMILES string of the molecule is COC(=O)[C@H]1CC[C@](O)(c2nccs2)CC1(C)C. The van der Waals surface area contributed by atoms with Crippen molar-refractivity contribution in [2.75, 3.05) is 7.11 Å². The van der Waals surface area contributed by atoms with Crippen LogP contribution in [0.1, 0.15) is 38.1 Å². The third-order valence-corrected chi connectivity index (χ3v) is 4.82. The van der Waals surface area contributed by atoms with Crippen molar-refractivity contribution in [1.29, 1.82) is 0 Å². The maximum atomic E-state index is 11.8. The number of hydrogen-bond donors (Lipinski definition) is 1. The molecule has 2 atom stereocenters. The van der Waals surface area contributed by atoms with Gasteiger partial charge in [0.15, 0.2) is 0 Å². The minimum absolute atomic E-state index is 0.150. The molecule has 5 heteroatoms. The summed E-state index contributed by atoms with van der Waals surface area (Å²) in [6.45, 7) is 4.01. The van der Waals surface area contributed by atoms with Crippen molar-refractivity contribution < 1.29 is 14.6 Å². The summed E-state index contributed by atoms with van der Waals surface area (Å²) in [6, 6.07) is 0. The zero-order valence-electron chi connectivity index (χ0n) is 11.0. The van der Waals surface area contributed by atoms with Crippen molar-refractivity contribution in [2.45, 2.75) is 38.7 Å². The Bertz CT molecular complexity index is 429. The fraction of sp³-hybridized carbons (Fsp3) is 0.692. The molecule has 0 aromatic carbocycles. The average molecular weight is 269 g/mol. The molecule has 0 amide bonds. The molecule has 4 nitrogen and oxygen atoms in total. The number of carbonyl (C=O) groups excluding carboxylic acids is 1. The molecule has 0 saturated heterocycles. The second kappa shape index (κ2) is 4.63. The highest BCUT2D eigenvalue weighted by atomic mass is 32.1. The van der Waals surface area contributed by atoms with E-state index in [0.29, 0.717) is 19.3 Å². The number of methoxy groups -OCH3 is 1. The molecule has 0 aliphatic heterocycles. The molecule has 1 heterocycles. The topological polar surface area (TPSA) is 59.4 Å². The minimum atomic E-state index is -0.901. The summed E-state index contributed by atoms with van der Waals surface area (Å²) in [7, 11) is 1.42. The molecule has 18 heavy (non-hydrogen) atoms. The molecular weight excluding hydrogens is 250 g/mol. The molecule has 0 spiro atoms. The van der Waals surface area contributed by atoms with E-state index in [-0.39, 0.29) is 17.3 Å². The van der Waals surface area contributed by atoms with Gasteiger partial charge in [-0.15, -0.1) is 11.3 Å². The number of carbonyl (C=O) groups is 1. The van der Waals surface area contributed by atoms with E-state index in [2.05, 4.69) is 4.98 Å². The molecule has 1 fully saturated rings. The smallest absolute Gasteiger partial charge is 0.309 e. The summed E-state index contributed by atoms with van der Waals surface area (Å²) in [4.78, 5) is 16.0. The standard InChI is InChI=1S/C13H19NO3S/c1-12(2)8-13(16,11-14-6-7-18-11)5-4-9(12)10(15)17-3/h6-7,9,16H,4-5,8H2,1-3H3/t9-,13-/m1/s1. The van der Waals surface area contributed by atoms with Crippen LogP contribution in [0.25, 0.3) is 0 Å². The Balaban J connectivity index is 2.22. The largest absolute Gasteiger partial charge is 0.469 e. The maximum Gasteiger partial charge on any atom is 0.309 e. The summed E-state index contributed by atoms with van der Waals surface area (Å²) >= 11 is 1.47. The van der Waals surface area contributed by atoms with Crippen molar-refractivity contribution >= 4 is 17.3 Å². The van der Waals surface area contributed by atoms with Gasteiger partial charge in [0, 0.05) is 11.6 Å². The Morgan fingerprint density at radius 1 is 1.61 bits per heavy atom. The quantitative estimate of drug-likeness (QED) is 0.837. The van der Waals surface area contributed by atoms with E-state index in [1.807, 2.05) is 19.2 Å². The maximum absolute atomic E-state index is 11.8. The summed E-state index contributed by atoms with van der Waals surface area (Å²) < 4.78 is 4.85. The number of esters is 1. The Morgan fingerprint density at radius 2 is 2.33 bits per heavy atom. The minimum Gasteiger partial charge on any atom is -0.469 e. The van der Waals surface area contributed by atoms with E-state index in [0.717, 1.165) is 5.01 Å². The van der Waals surface area contributed by atoms with Gasteiger partial charge in [-0.05, 0) is 24.7 Å². The Labute approximate surface area is 111 Å². The van der Waals surface area contributed by atoms with Crippen LogP contribution < -0.4 is 0 Å². The fourth-order valence-corrected chi connectivity index (χ4v) is 3.72. The molecule has 1 saturated carbocycles. The lowest BCUT2D eigenvalue weighted by molar-refractivity contribution is -0.157. The van der Waals surface area contributed by atoms with Gasteiger partial charge >= 0.3 is 5.97 Å². The summed E-state index contributed by atoms with van der Waals surface area (Å²) in [5.74, 6) is -0.330. The van der Waals surface area contributed by atoms with Gasteiger partial charge in [-0.25, -0.2) is 4.98 Å². The second-order valence-electron chi connectivity index (χ2n) is 5.65. The third-order valence-electron chi connectivity index (χ3n) is 3.85. The highest BCUT2D eigenvalue weighted by Gasteiger charge is 2.49. The van der Waals surface area contributed by atoms with Crippen LogP contribution in [-0.4, -0.2) is 23.2 Å². The van der Waals surface area contributed by atoms with Gasteiger partial charge in [0.1, 0.15) is 10.6 Å². The molecule has 1 aromatic heterocycles. The van der Waals surface area contributed by atoms with Gasteiger partial charge in [0.2, 0.25) is 0 Å². The van der Waals surface area contributed by atoms with Gasteiger partial charge in [-0.2, -0.15) is 0 Å². The highest BCUT2D eigenvalue weighted by molar-refractivity contribution is 7.09. The highest BCUT2D eigenvalue weighted by Crippen LogP contribution is 2.50. The Morgan fingerprint density at radius 3 is 2.83 bits per heavy atom. The number of nitrogens with zero attached hydrogens (tertiary/aromatic N) is 1. The third kappa shape index (κ3) is 2.29. The predicted octanol–water partition coefficient (Wildman–Crippen LogP) is 2.33. The van der Waals surface area contributed by atoms with Crippen LogP contribution >= 0.6 is 11.3 Å². The first kappa shape index (κ1) is 13.5. The Kier molecular flexibility index (Phi) is 3.47. The van der Waals surface area contributed by atoms with Crippen LogP contribution in [0.5, 0.6) is 0 Å². The van der Waals surface area contributed by atoms with Crippen LogP contribution in [0.4, 0.5) is 0 Å². The number of thiazole rings is 1. The number of ether oxygens (including phenoxy) is 1. The predicted molar refractivity (Wildman–Crippen MR) is 69.1 cm³/mol. The van der Waals surface area contributed by atoms with Crippen molar-refractivity contribution in [1.82, 2.24) is 4.98 Å². The lowest BCUT2D eigenvalue weighted by Gasteiger charge is -2.44. The van der Waals surface area contributed by atoms with Crippen LogP contribution in [0.15, 0.2) is 11.6 Å². The molecule has 0 unspecified atom stereocenters. The van der Waals surface area contributed by atoms with E-state index in [1.165, 1.54) is 18.4 Å². The molecule has 1 aromatic rings. The molecule has 1 aliphatic rings. The number of aromatic nitrogens is 1. The van der Waals surface area contributed by atoms with E-state index >= 15 is 0 Å². The first-order valence-electron chi connectivity index (χ1n) is 6.09. The first-order valence-corrected chi connectivity index (χ1v) is 6.97. The molecule has 2 rings (SSSR count). The molecule has 0 bridgehead atoms. The van der Waals surface area contributed by atoms with Crippen molar-refractivity contribution in [2.24, 2.45) is 11.3 Å². The summed E-state index contributed by atoms with van der Waals surface area (Å²) in [5.41, 5.74) is -1.19. The van der Waals surface area contributed by atoms with E-state index in [4.69, 9.17) is 4.74 Å². The Hall–Kier alpha value is -0.940. The number of hydrogen-bond acceptors (Lipinski definition) is 5. The van der Waals surface area contributed by atoms with E-state index in [9.17, 15) is 9.90 Å². The lowest BCUT2D eigenvalue weighted by atomic mass is 9.63. The van der Waals surface area contributed by atoms with Crippen molar-refractivity contribution in [3.63, 3.8) is 0 Å². The lowest BCUT2D eigenvalue weighted by Crippen LogP contribution is -2.45. The average Bonchev–Trinajstić information content (AvgIpc) is 2.81. The van der Waals surface area contributed by atoms with Crippen molar-refractivity contribution in [3.8, 4) is 0 Å². The molecule has 100 valence electrons.